The van der Waals surface area contributed by atoms with Gasteiger partial charge in [-0.3, -0.25) is 4.57 Å². The van der Waals surface area contributed by atoms with Crippen molar-refractivity contribution in [2.24, 2.45) is 0 Å². The van der Waals surface area contributed by atoms with Gasteiger partial charge in [0.15, 0.2) is 5.58 Å². The molecular formula is C15H8Cl2N4O. The van der Waals surface area contributed by atoms with E-state index >= 15 is 0 Å². The Hall–Kier alpha value is -2.37. The van der Waals surface area contributed by atoms with Gasteiger partial charge in [-0.1, -0.05) is 23.2 Å². The second kappa shape index (κ2) is 5.12. The third-order valence-corrected chi connectivity index (χ3v) is 3.63. The summed E-state index contributed by atoms with van der Waals surface area (Å²) < 4.78 is 7.56. The van der Waals surface area contributed by atoms with Gasteiger partial charge in [-0.25, -0.2) is 4.98 Å². The summed E-state index contributed by atoms with van der Waals surface area (Å²) in [5.41, 5.74) is 3.06. The molecule has 7 heteroatoms. The highest BCUT2D eigenvalue weighted by molar-refractivity contribution is 6.35. The maximum absolute atomic E-state index is 6.02. The van der Waals surface area contributed by atoms with Crippen LogP contribution in [0.15, 0.2) is 53.5 Å². The Labute approximate surface area is 135 Å². The average Bonchev–Trinajstić information content (AvgIpc) is 3.15. The van der Waals surface area contributed by atoms with Crippen LogP contribution in [-0.2, 0) is 0 Å². The molecule has 4 aromatic rings. The topological polar surface area (TPSA) is 56.7 Å². The van der Waals surface area contributed by atoms with Gasteiger partial charge in [-0.15, -0.1) is 10.2 Å². The Morgan fingerprint density at radius 2 is 1.64 bits per heavy atom. The van der Waals surface area contributed by atoms with Gasteiger partial charge in [-0.05, 0) is 36.4 Å². The zero-order valence-corrected chi connectivity index (χ0v) is 12.6. The predicted octanol–water partition coefficient (Wildman–Crippen LogP) is 4.38. The normalized spacial score (nSPS) is 11.2. The van der Waals surface area contributed by atoms with Crippen molar-refractivity contribution in [3.8, 4) is 17.1 Å². The van der Waals surface area contributed by atoms with E-state index in [-0.39, 0.29) is 0 Å². The molecule has 2 aromatic carbocycles. The van der Waals surface area contributed by atoms with Crippen LogP contribution in [0.25, 0.3) is 28.2 Å². The van der Waals surface area contributed by atoms with Gasteiger partial charge < -0.3 is 4.42 Å². The molecular weight excluding hydrogens is 323 g/mol. The quantitative estimate of drug-likeness (QED) is 0.547. The third kappa shape index (κ3) is 2.34. The number of fused-ring (bicyclic) bond motifs is 1. The summed E-state index contributed by atoms with van der Waals surface area (Å²) in [6, 6.07) is 10.9. The number of nitrogens with zero attached hydrogens (tertiary/aromatic N) is 4. The first kappa shape index (κ1) is 13.3. The molecule has 0 fully saturated rings. The molecule has 0 saturated heterocycles. The highest BCUT2D eigenvalue weighted by Gasteiger charge is 2.11. The van der Waals surface area contributed by atoms with Crippen LogP contribution in [0.1, 0.15) is 0 Å². The molecule has 2 heterocycles. The van der Waals surface area contributed by atoms with Crippen molar-refractivity contribution in [3.05, 3.63) is 59.1 Å². The molecule has 0 bridgehead atoms. The minimum absolute atomic E-state index is 0.473. The molecule has 0 N–H and O–H groups in total. The van der Waals surface area contributed by atoms with Crippen LogP contribution in [-0.4, -0.2) is 19.7 Å². The highest BCUT2D eigenvalue weighted by Crippen LogP contribution is 2.29. The van der Waals surface area contributed by atoms with Gasteiger partial charge in [0.1, 0.15) is 18.2 Å². The summed E-state index contributed by atoms with van der Waals surface area (Å²) in [5, 5.41) is 8.66. The van der Waals surface area contributed by atoms with Crippen LogP contribution < -0.4 is 0 Å². The number of hydrogen-bond donors (Lipinski definition) is 0. The van der Waals surface area contributed by atoms with Gasteiger partial charge >= 0.3 is 0 Å². The van der Waals surface area contributed by atoms with Crippen molar-refractivity contribution < 1.29 is 4.42 Å². The lowest BCUT2D eigenvalue weighted by atomic mass is 10.2. The number of oxazole rings is 1. The summed E-state index contributed by atoms with van der Waals surface area (Å²) in [4.78, 5) is 4.50. The molecule has 0 aliphatic rings. The summed E-state index contributed by atoms with van der Waals surface area (Å²) in [6.45, 7) is 0. The smallest absolute Gasteiger partial charge is 0.227 e. The first-order valence-corrected chi connectivity index (χ1v) is 7.17. The van der Waals surface area contributed by atoms with Crippen LogP contribution >= 0.6 is 23.2 Å². The maximum atomic E-state index is 6.02. The lowest BCUT2D eigenvalue weighted by Crippen LogP contribution is -1.88. The van der Waals surface area contributed by atoms with Crippen LogP contribution in [0.3, 0.4) is 0 Å². The summed E-state index contributed by atoms with van der Waals surface area (Å²) in [5.74, 6) is 0.473. The molecule has 0 unspecified atom stereocenters. The van der Waals surface area contributed by atoms with Gasteiger partial charge in [0.2, 0.25) is 5.89 Å². The van der Waals surface area contributed by atoms with E-state index in [1.54, 1.807) is 35.4 Å². The van der Waals surface area contributed by atoms with Gasteiger partial charge in [0, 0.05) is 15.6 Å². The Morgan fingerprint density at radius 1 is 0.909 bits per heavy atom. The molecule has 4 rings (SSSR count). The Balaban J connectivity index is 1.83. The standard InChI is InChI=1S/C15H8Cl2N4O/c16-10-3-9(4-11(17)5-10)15-20-13-6-12(1-2-14(13)22-15)21-7-18-19-8-21/h1-8H. The van der Waals surface area contributed by atoms with Crippen molar-refractivity contribution in [2.45, 2.75) is 0 Å². The molecule has 0 amide bonds. The van der Waals surface area contributed by atoms with Crippen molar-refractivity contribution in [1.29, 1.82) is 0 Å². The van der Waals surface area contributed by atoms with Crippen LogP contribution in [0, 0.1) is 0 Å². The number of rotatable bonds is 2. The fourth-order valence-electron chi connectivity index (χ4n) is 2.21. The number of hydrogen-bond acceptors (Lipinski definition) is 4. The van der Waals surface area contributed by atoms with Crippen molar-refractivity contribution in [1.82, 2.24) is 19.7 Å². The van der Waals surface area contributed by atoms with Crippen molar-refractivity contribution in [3.63, 3.8) is 0 Å². The van der Waals surface area contributed by atoms with Gasteiger partial charge in [0.25, 0.3) is 0 Å². The molecule has 0 saturated carbocycles. The molecule has 0 atom stereocenters. The lowest BCUT2D eigenvalue weighted by Gasteiger charge is -1.98. The average molecular weight is 331 g/mol. The molecule has 5 nitrogen and oxygen atoms in total. The molecule has 2 aromatic heterocycles. The highest BCUT2D eigenvalue weighted by atomic mass is 35.5. The SMILES string of the molecule is Clc1cc(Cl)cc(-c2nc3cc(-n4cnnc4)ccc3o2)c1. The Morgan fingerprint density at radius 3 is 2.36 bits per heavy atom. The fourth-order valence-corrected chi connectivity index (χ4v) is 2.74. The molecule has 0 spiro atoms. The zero-order valence-electron chi connectivity index (χ0n) is 11.1. The van der Waals surface area contributed by atoms with E-state index in [9.17, 15) is 0 Å². The van der Waals surface area contributed by atoms with Gasteiger partial charge in [-0.2, -0.15) is 0 Å². The summed E-state index contributed by atoms with van der Waals surface area (Å²) in [6.07, 6.45) is 3.25. The first-order chi connectivity index (χ1) is 10.7. The minimum atomic E-state index is 0.473. The molecule has 108 valence electrons. The molecule has 0 radical (unpaired) electrons. The second-order valence-corrected chi connectivity index (χ2v) is 5.57. The number of benzene rings is 2. The monoisotopic (exact) mass is 330 g/mol. The largest absolute Gasteiger partial charge is 0.436 e. The first-order valence-electron chi connectivity index (χ1n) is 6.41. The van der Waals surface area contributed by atoms with E-state index in [2.05, 4.69) is 15.2 Å². The minimum Gasteiger partial charge on any atom is -0.436 e. The van der Waals surface area contributed by atoms with E-state index in [0.717, 1.165) is 16.8 Å². The van der Waals surface area contributed by atoms with E-state index in [4.69, 9.17) is 27.6 Å². The molecule has 0 aliphatic carbocycles. The van der Waals surface area contributed by atoms with Crippen LogP contribution in [0.5, 0.6) is 0 Å². The van der Waals surface area contributed by atoms with E-state index in [1.807, 2.05) is 18.2 Å². The lowest BCUT2D eigenvalue weighted by molar-refractivity contribution is 0.620. The van der Waals surface area contributed by atoms with Crippen molar-refractivity contribution in [2.75, 3.05) is 0 Å². The maximum Gasteiger partial charge on any atom is 0.227 e. The third-order valence-electron chi connectivity index (χ3n) is 3.20. The summed E-state index contributed by atoms with van der Waals surface area (Å²) in [7, 11) is 0. The summed E-state index contributed by atoms with van der Waals surface area (Å²) >= 11 is 12.0. The fraction of sp³-hybridized carbons (Fsp3) is 0. The number of halogens is 2. The molecule has 0 aliphatic heterocycles. The van der Waals surface area contributed by atoms with Crippen LogP contribution in [0.4, 0.5) is 0 Å². The second-order valence-electron chi connectivity index (χ2n) is 4.70. The Bertz CT molecular complexity index is 943. The Kier molecular flexibility index (Phi) is 3.10. The number of aromatic nitrogens is 4. The zero-order chi connectivity index (χ0) is 15.1. The van der Waals surface area contributed by atoms with Gasteiger partial charge in [0.05, 0.1) is 5.69 Å². The van der Waals surface area contributed by atoms with E-state index < -0.39 is 0 Å². The van der Waals surface area contributed by atoms with E-state index in [0.29, 0.717) is 21.5 Å². The van der Waals surface area contributed by atoms with E-state index in [1.165, 1.54) is 0 Å². The van der Waals surface area contributed by atoms with Crippen molar-refractivity contribution >= 4 is 34.3 Å². The molecule has 22 heavy (non-hydrogen) atoms. The predicted molar refractivity (Wildman–Crippen MR) is 84.4 cm³/mol. The van der Waals surface area contributed by atoms with Crippen LogP contribution in [0.2, 0.25) is 10.0 Å².